The highest BCUT2D eigenvalue weighted by atomic mass is 16.6. The van der Waals surface area contributed by atoms with E-state index in [2.05, 4.69) is 4.98 Å². The predicted molar refractivity (Wildman–Crippen MR) is 68.7 cm³/mol. The molecule has 2 heterocycles. The molecule has 0 bridgehead atoms. The normalized spacial score (nSPS) is 12.8. The number of fused-ring (bicyclic) bond motifs is 1. The Morgan fingerprint density at radius 1 is 1.20 bits per heavy atom. The van der Waals surface area contributed by atoms with Crippen molar-refractivity contribution in [3.63, 3.8) is 0 Å². The van der Waals surface area contributed by atoms with Crippen molar-refractivity contribution < 1.29 is 24.1 Å². The number of aromatic carboxylic acids is 1. The summed E-state index contributed by atoms with van der Waals surface area (Å²) < 4.78 is 16.3. The lowest BCUT2D eigenvalue weighted by atomic mass is 10.2. The molecule has 0 atom stereocenters. The quantitative estimate of drug-likeness (QED) is 0.924. The number of hydrogen-bond acceptors (Lipinski definition) is 5. The number of carboxylic acid groups (broad SMARTS) is 1. The van der Waals surface area contributed by atoms with Crippen LogP contribution in [0.4, 0.5) is 0 Å². The van der Waals surface area contributed by atoms with E-state index in [0.717, 1.165) is 0 Å². The SMILES string of the molecule is O=C(O)c1cccnc1Oc1ccc2c(c1)OCCO2. The molecule has 0 spiro atoms. The number of carbonyl (C=O) groups is 1. The fraction of sp³-hybridized carbons (Fsp3) is 0.143. The fourth-order valence-corrected chi connectivity index (χ4v) is 1.83. The van der Waals surface area contributed by atoms with Gasteiger partial charge in [-0.15, -0.1) is 0 Å². The number of rotatable bonds is 3. The van der Waals surface area contributed by atoms with Gasteiger partial charge in [0.15, 0.2) is 11.5 Å². The summed E-state index contributed by atoms with van der Waals surface area (Å²) in [5, 5.41) is 9.07. The lowest BCUT2D eigenvalue weighted by Gasteiger charge is -2.18. The maximum Gasteiger partial charge on any atom is 0.341 e. The Morgan fingerprint density at radius 2 is 2.00 bits per heavy atom. The van der Waals surface area contributed by atoms with Crippen molar-refractivity contribution in [2.24, 2.45) is 0 Å². The highest BCUT2D eigenvalue weighted by Gasteiger charge is 2.16. The molecule has 20 heavy (non-hydrogen) atoms. The molecule has 1 N–H and O–H groups in total. The summed E-state index contributed by atoms with van der Waals surface area (Å²) in [4.78, 5) is 15.0. The van der Waals surface area contributed by atoms with Crippen molar-refractivity contribution in [3.05, 3.63) is 42.1 Å². The Balaban J connectivity index is 1.90. The summed E-state index contributed by atoms with van der Waals surface area (Å²) in [6.45, 7) is 0.983. The van der Waals surface area contributed by atoms with Crippen molar-refractivity contribution in [1.82, 2.24) is 4.98 Å². The molecular weight excluding hydrogens is 262 g/mol. The van der Waals surface area contributed by atoms with Gasteiger partial charge in [-0.2, -0.15) is 0 Å². The smallest absolute Gasteiger partial charge is 0.341 e. The van der Waals surface area contributed by atoms with Crippen LogP contribution in [-0.4, -0.2) is 29.3 Å². The summed E-state index contributed by atoms with van der Waals surface area (Å²) in [5.74, 6) is 0.599. The van der Waals surface area contributed by atoms with Crippen LogP contribution >= 0.6 is 0 Å². The molecular formula is C14H11NO5. The molecule has 2 aromatic rings. The lowest BCUT2D eigenvalue weighted by molar-refractivity contribution is 0.0693. The molecule has 1 aliphatic heterocycles. The van der Waals surface area contributed by atoms with Gasteiger partial charge in [-0.05, 0) is 24.3 Å². The molecule has 1 aromatic heterocycles. The van der Waals surface area contributed by atoms with Crippen LogP contribution in [0.3, 0.4) is 0 Å². The average molecular weight is 273 g/mol. The maximum atomic E-state index is 11.1. The van der Waals surface area contributed by atoms with E-state index in [0.29, 0.717) is 30.5 Å². The molecule has 3 rings (SSSR count). The second-order valence-corrected chi connectivity index (χ2v) is 4.07. The maximum absolute atomic E-state index is 11.1. The Kier molecular flexibility index (Phi) is 3.12. The van der Waals surface area contributed by atoms with Crippen LogP contribution in [0.15, 0.2) is 36.5 Å². The summed E-state index contributed by atoms with van der Waals surface area (Å²) in [6.07, 6.45) is 1.47. The molecule has 0 saturated carbocycles. The zero-order chi connectivity index (χ0) is 13.9. The van der Waals surface area contributed by atoms with E-state index in [1.54, 1.807) is 24.3 Å². The van der Waals surface area contributed by atoms with Gasteiger partial charge in [-0.1, -0.05) is 0 Å². The van der Waals surface area contributed by atoms with Crippen molar-refractivity contribution >= 4 is 5.97 Å². The third kappa shape index (κ3) is 2.35. The Morgan fingerprint density at radius 3 is 2.80 bits per heavy atom. The van der Waals surface area contributed by atoms with E-state index in [9.17, 15) is 4.79 Å². The van der Waals surface area contributed by atoms with Gasteiger partial charge in [0.1, 0.15) is 24.5 Å². The van der Waals surface area contributed by atoms with E-state index < -0.39 is 5.97 Å². The number of hydrogen-bond donors (Lipinski definition) is 1. The van der Waals surface area contributed by atoms with Crippen LogP contribution in [-0.2, 0) is 0 Å². The van der Waals surface area contributed by atoms with Gasteiger partial charge in [0.25, 0.3) is 0 Å². The van der Waals surface area contributed by atoms with Gasteiger partial charge in [0, 0.05) is 12.3 Å². The first-order valence-electron chi connectivity index (χ1n) is 6.00. The highest BCUT2D eigenvalue weighted by molar-refractivity contribution is 5.90. The zero-order valence-electron chi connectivity index (χ0n) is 10.4. The Hall–Kier alpha value is -2.76. The molecule has 1 aromatic carbocycles. The number of benzene rings is 1. The minimum Gasteiger partial charge on any atom is -0.486 e. The monoisotopic (exact) mass is 273 g/mol. The number of aromatic nitrogens is 1. The van der Waals surface area contributed by atoms with Gasteiger partial charge in [0.2, 0.25) is 5.88 Å². The predicted octanol–water partition coefficient (Wildman–Crippen LogP) is 2.34. The topological polar surface area (TPSA) is 77.9 Å². The molecule has 0 amide bonds. The average Bonchev–Trinajstić information content (AvgIpc) is 2.47. The molecule has 1 aliphatic rings. The molecule has 6 heteroatoms. The van der Waals surface area contributed by atoms with Gasteiger partial charge in [-0.25, -0.2) is 9.78 Å². The van der Waals surface area contributed by atoms with Crippen LogP contribution in [0.5, 0.6) is 23.1 Å². The first-order valence-corrected chi connectivity index (χ1v) is 6.00. The number of pyridine rings is 1. The zero-order valence-corrected chi connectivity index (χ0v) is 10.4. The summed E-state index contributed by atoms with van der Waals surface area (Å²) in [5.41, 5.74) is 0.00221. The van der Waals surface area contributed by atoms with Crippen LogP contribution in [0.1, 0.15) is 10.4 Å². The van der Waals surface area contributed by atoms with Crippen LogP contribution in [0.2, 0.25) is 0 Å². The number of nitrogens with zero attached hydrogens (tertiary/aromatic N) is 1. The largest absolute Gasteiger partial charge is 0.486 e. The van der Waals surface area contributed by atoms with Crippen LogP contribution in [0, 0.1) is 0 Å². The molecule has 0 aliphatic carbocycles. The third-order valence-electron chi connectivity index (χ3n) is 2.73. The summed E-state index contributed by atoms with van der Waals surface area (Å²) in [6, 6.07) is 8.01. The number of carboxylic acids is 1. The van der Waals surface area contributed by atoms with E-state index >= 15 is 0 Å². The Bertz CT molecular complexity index is 656. The summed E-state index contributed by atoms with van der Waals surface area (Å²) in [7, 11) is 0. The first kappa shape index (κ1) is 12.3. The van der Waals surface area contributed by atoms with Crippen molar-refractivity contribution in [1.29, 1.82) is 0 Å². The standard InChI is InChI=1S/C14H11NO5/c16-14(17)10-2-1-5-15-13(10)20-9-3-4-11-12(8-9)19-7-6-18-11/h1-5,8H,6-7H2,(H,16,17). The van der Waals surface area contributed by atoms with Crippen LogP contribution < -0.4 is 14.2 Å². The van der Waals surface area contributed by atoms with E-state index in [1.165, 1.54) is 12.3 Å². The van der Waals surface area contributed by atoms with E-state index in [4.69, 9.17) is 19.3 Å². The van der Waals surface area contributed by atoms with E-state index in [1.807, 2.05) is 0 Å². The van der Waals surface area contributed by atoms with Crippen molar-refractivity contribution in [2.45, 2.75) is 0 Å². The summed E-state index contributed by atoms with van der Waals surface area (Å²) >= 11 is 0. The second kappa shape index (κ2) is 5.08. The Labute approximate surface area is 114 Å². The molecule has 0 fully saturated rings. The minimum absolute atomic E-state index is 0.00221. The minimum atomic E-state index is -1.09. The molecule has 0 saturated heterocycles. The third-order valence-corrected chi connectivity index (χ3v) is 2.73. The fourth-order valence-electron chi connectivity index (χ4n) is 1.83. The van der Waals surface area contributed by atoms with Gasteiger partial charge < -0.3 is 19.3 Å². The highest BCUT2D eigenvalue weighted by Crippen LogP contribution is 2.35. The van der Waals surface area contributed by atoms with Gasteiger partial charge >= 0.3 is 5.97 Å². The second-order valence-electron chi connectivity index (χ2n) is 4.07. The number of ether oxygens (including phenoxy) is 3. The van der Waals surface area contributed by atoms with Crippen molar-refractivity contribution in [2.75, 3.05) is 13.2 Å². The molecule has 6 nitrogen and oxygen atoms in total. The first-order chi connectivity index (χ1) is 9.74. The molecule has 0 unspecified atom stereocenters. The van der Waals surface area contributed by atoms with Crippen LogP contribution in [0.25, 0.3) is 0 Å². The lowest BCUT2D eigenvalue weighted by Crippen LogP contribution is -2.15. The molecule has 102 valence electrons. The van der Waals surface area contributed by atoms with Gasteiger partial charge in [-0.3, -0.25) is 0 Å². The van der Waals surface area contributed by atoms with E-state index in [-0.39, 0.29) is 11.4 Å². The van der Waals surface area contributed by atoms with Gasteiger partial charge in [0.05, 0.1) is 0 Å². The van der Waals surface area contributed by atoms with Crippen molar-refractivity contribution in [3.8, 4) is 23.1 Å². The molecule has 0 radical (unpaired) electrons.